The van der Waals surface area contributed by atoms with E-state index in [9.17, 15) is 4.79 Å². The SMILES string of the molecule is C[C@]12CC[C@H]3[C@@H](CC[C@@H]4CC(=O)CC[C@@]43C)[C@H]1CC[C@H]2[C@@]1(C)CO1. The molecule has 4 saturated carbocycles. The number of hydrogen-bond acceptors (Lipinski definition) is 2. The normalized spacial score (nSPS) is 59.5. The van der Waals surface area contributed by atoms with Crippen LogP contribution in [0.15, 0.2) is 0 Å². The molecule has 0 radical (unpaired) electrons. The third-order valence-corrected chi connectivity index (χ3v) is 9.82. The Labute approximate surface area is 147 Å². The Morgan fingerprint density at radius 3 is 2.42 bits per heavy atom. The maximum Gasteiger partial charge on any atom is 0.133 e. The van der Waals surface area contributed by atoms with E-state index in [1.54, 1.807) is 0 Å². The summed E-state index contributed by atoms with van der Waals surface area (Å²) in [5.74, 6) is 4.73. The molecule has 4 aliphatic carbocycles. The highest BCUT2D eigenvalue weighted by Crippen LogP contribution is 2.69. The molecule has 0 bridgehead atoms. The molecule has 1 saturated heterocycles. The summed E-state index contributed by atoms with van der Waals surface area (Å²) in [4.78, 5) is 12.0. The first kappa shape index (κ1) is 15.9. The largest absolute Gasteiger partial charge is 0.370 e. The van der Waals surface area contributed by atoms with Gasteiger partial charge in [-0.05, 0) is 92.3 Å². The molecule has 2 nitrogen and oxygen atoms in total. The molecule has 0 aromatic heterocycles. The minimum absolute atomic E-state index is 0.203. The molecule has 1 heterocycles. The van der Waals surface area contributed by atoms with Gasteiger partial charge < -0.3 is 4.74 Å². The van der Waals surface area contributed by atoms with Gasteiger partial charge in [0.1, 0.15) is 5.78 Å². The highest BCUT2D eigenvalue weighted by molar-refractivity contribution is 5.79. The molecular formula is C22H34O2. The van der Waals surface area contributed by atoms with Gasteiger partial charge in [-0.3, -0.25) is 4.79 Å². The number of hydrogen-bond donors (Lipinski definition) is 0. The molecule has 134 valence electrons. The van der Waals surface area contributed by atoms with Crippen LogP contribution in [-0.4, -0.2) is 18.0 Å². The summed E-state index contributed by atoms with van der Waals surface area (Å²) in [7, 11) is 0. The lowest BCUT2D eigenvalue weighted by Gasteiger charge is -2.60. The van der Waals surface area contributed by atoms with Crippen LogP contribution in [0.5, 0.6) is 0 Å². The summed E-state index contributed by atoms with van der Waals surface area (Å²) in [6.07, 6.45) is 11.2. The van der Waals surface area contributed by atoms with Crippen molar-refractivity contribution in [1.82, 2.24) is 0 Å². The Morgan fingerprint density at radius 2 is 1.67 bits per heavy atom. The van der Waals surface area contributed by atoms with Crippen molar-refractivity contribution in [2.75, 3.05) is 6.61 Å². The third kappa shape index (κ3) is 1.95. The Morgan fingerprint density at radius 1 is 0.917 bits per heavy atom. The van der Waals surface area contributed by atoms with Crippen molar-refractivity contribution in [2.45, 2.75) is 84.2 Å². The first-order valence-electron chi connectivity index (χ1n) is 10.5. The molecule has 0 spiro atoms. The van der Waals surface area contributed by atoms with Gasteiger partial charge in [0.25, 0.3) is 0 Å². The molecule has 5 aliphatic rings. The Hall–Kier alpha value is -0.370. The molecule has 5 fully saturated rings. The zero-order chi connectivity index (χ0) is 16.7. The van der Waals surface area contributed by atoms with E-state index in [0.29, 0.717) is 22.5 Å². The van der Waals surface area contributed by atoms with E-state index in [0.717, 1.165) is 43.1 Å². The maximum atomic E-state index is 12.0. The topological polar surface area (TPSA) is 29.6 Å². The summed E-state index contributed by atoms with van der Waals surface area (Å²) in [5, 5.41) is 0. The lowest BCUT2D eigenvalue weighted by Crippen LogP contribution is -2.54. The van der Waals surface area contributed by atoms with Gasteiger partial charge in [-0.15, -0.1) is 0 Å². The van der Waals surface area contributed by atoms with Crippen LogP contribution in [0, 0.1) is 40.4 Å². The van der Waals surface area contributed by atoms with Crippen molar-refractivity contribution in [2.24, 2.45) is 40.4 Å². The number of ketones is 1. The van der Waals surface area contributed by atoms with Gasteiger partial charge >= 0.3 is 0 Å². The van der Waals surface area contributed by atoms with E-state index in [4.69, 9.17) is 4.74 Å². The highest BCUT2D eigenvalue weighted by Gasteiger charge is 2.65. The Kier molecular flexibility index (Phi) is 3.22. The molecule has 0 N–H and O–H groups in total. The summed E-state index contributed by atoms with van der Waals surface area (Å²) in [6.45, 7) is 8.52. The third-order valence-electron chi connectivity index (χ3n) is 9.82. The van der Waals surface area contributed by atoms with E-state index in [1.165, 1.54) is 44.9 Å². The first-order valence-corrected chi connectivity index (χ1v) is 10.5. The fourth-order valence-electron chi connectivity index (χ4n) is 8.36. The predicted molar refractivity (Wildman–Crippen MR) is 94.6 cm³/mol. The summed E-state index contributed by atoms with van der Waals surface area (Å²) >= 11 is 0. The van der Waals surface area contributed by atoms with Gasteiger partial charge in [-0.1, -0.05) is 13.8 Å². The van der Waals surface area contributed by atoms with E-state index in [2.05, 4.69) is 20.8 Å². The van der Waals surface area contributed by atoms with Crippen LogP contribution in [0.2, 0.25) is 0 Å². The number of ether oxygens (including phenoxy) is 1. The summed E-state index contributed by atoms with van der Waals surface area (Å²) in [6, 6.07) is 0. The van der Waals surface area contributed by atoms with Crippen LogP contribution < -0.4 is 0 Å². The van der Waals surface area contributed by atoms with Crippen molar-refractivity contribution in [3.63, 3.8) is 0 Å². The average Bonchev–Trinajstić information content (AvgIpc) is 3.17. The van der Waals surface area contributed by atoms with Gasteiger partial charge in [-0.25, -0.2) is 0 Å². The fourth-order valence-corrected chi connectivity index (χ4v) is 8.36. The molecule has 0 aromatic carbocycles. The predicted octanol–water partition coefficient (Wildman–Crippen LogP) is 5.00. The molecule has 24 heavy (non-hydrogen) atoms. The Bertz CT molecular complexity index is 564. The second-order valence-corrected chi connectivity index (χ2v) is 10.7. The van der Waals surface area contributed by atoms with Gasteiger partial charge in [0.2, 0.25) is 0 Å². The van der Waals surface area contributed by atoms with E-state index in [-0.39, 0.29) is 5.60 Å². The highest BCUT2D eigenvalue weighted by atomic mass is 16.6. The molecular weight excluding hydrogens is 296 g/mol. The van der Waals surface area contributed by atoms with Crippen LogP contribution in [0.4, 0.5) is 0 Å². The summed E-state index contributed by atoms with van der Waals surface area (Å²) in [5.41, 5.74) is 1.17. The van der Waals surface area contributed by atoms with Gasteiger partial charge in [0.15, 0.2) is 0 Å². The zero-order valence-corrected chi connectivity index (χ0v) is 15.8. The molecule has 5 rings (SSSR count). The second-order valence-electron chi connectivity index (χ2n) is 10.7. The molecule has 1 aliphatic heterocycles. The zero-order valence-electron chi connectivity index (χ0n) is 15.8. The monoisotopic (exact) mass is 330 g/mol. The number of rotatable bonds is 1. The van der Waals surface area contributed by atoms with Gasteiger partial charge in [0, 0.05) is 12.8 Å². The minimum atomic E-state index is 0.203. The minimum Gasteiger partial charge on any atom is -0.370 e. The molecule has 8 atom stereocenters. The quantitative estimate of drug-likeness (QED) is 0.633. The number of carbonyl (C=O) groups is 1. The lowest BCUT2D eigenvalue weighted by molar-refractivity contribution is -0.140. The van der Waals surface area contributed by atoms with Crippen LogP contribution in [-0.2, 0) is 9.53 Å². The van der Waals surface area contributed by atoms with E-state index in [1.807, 2.05) is 0 Å². The molecule has 0 amide bonds. The van der Waals surface area contributed by atoms with Crippen molar-refractivity contribution in [1.29, 1.82) is 0 Å². The second kappa shape index (κ2) is 4.87. The van der Waals surface area contributed by atoms with Gasteiger partial charge in [-0.2, -0.15) is 0 Å². The average molecular weight is 331 g/mol. The van der Waals surface area contributed by atoms with Crippen molar-refractivity contribution in [3.05, 3.63) is 0 Å². The van der Waals surface area contributed by atoms with Crippen molar-refractivity contribution in [3.8, 4) is 0 Å². The number of fused-ring (bicyclic) bond motifs is 5. The number of epoxide rings is 1. The van der Waals surface area contributed by atoms with Crippen molar-refractivity contribution < 1.29 is 9.53 Å². The fraction of sp³-hybridized carbons (Fsp3) is 0.955. The molecule has 0 aromatic rings. The van der Waals surface area contributed by atoms with Gasteiger partial charge in [0.05, 0.1) is 12.2 Å². The molecule has 0 unspecified atom stereocenters. The van der Waals surface area contributed by atoms with E-state index >= 15 is 0 Å². The van der Waals surface area contributed by atoms with Crippen LogP contribution >= 0.6 is 0 Å². The lowest BCUT2D eigenvalue weighted by atomic mass is 9.44. The van der Waals surface area contributed by atoms with Crippen LogP contribution in [0.25, 0.3) is 0 Å². The van der Waals surface area contributed by atoms with Crippen LogP contribution in [0.3, 0.4) is 0 Å². The first-order chi connectivity index (χ1) is 11.4. The standard InChI is InChI=1S/C22H34O2/c1-20-10-8-15(23)12-14(20)4-5-16-17-6-7-19(22(3)13-24-22)21(17,2)11-9-18(16)20/h14,16-19H,4-13H2,1-3H3/t14-,16+,17-,18+,19-,20+,21+,22-/m1/s1. The maximum absolute atomic E-state index is 12.0. The van der Waals surface area contributed by atoms with Crippen molar-refractivity contribution >= 4 is 5.78 Å². The summed E-state index contributed by atoms with van der Waals surface area (Å²) < 4.78 is 5.91. The van der Waals surface area contributed by atoms with Crippen LogP contribution in [0.1, 0.15) is 78.6 Å². The number of carbonyl (C=O) groups excluding carboxylic acids is 1. The smallest absolute Gasteiger partial charge is 0.133 e. The van der Waals surface area contributed by atoms with E-state index < -0.39 is 0 Å². The molecule has 2 heteroatoms. The Balaban J connectivity index is 1.44. The number of Topliss-reactive ketones (excluding diaryl/α,β-unsaturated/α-hetero) is 1.